The average molecular weight is 491 g/mol. The van der Waals surface area contributed by atoms with Crippen molar-refractivity contribution in [2.45, 2.75) is 31.8 Å². The van der Waals surface area contributed by atoms with Crippen LogP contribution in [0.5, 0.6) is 0 Å². The molecule has 3 aromatic carbocycles. The maximum atomic E-state index is 14.1. The summed E-state index contributed by atoms with van der Waals surface area (Å²) in [5.74, 6) is -2.44. The third-order valence-electron chi connectivity index (χ3n) is 5.57. The van der Waals surface area contributed by atoms with Gasteiger partial charge in [-0.1, -0.05) is 72.8 Å². The summed E-state index contributed by atoms with van der Waals surface area (Å²) in [7, 11) is 1.20. The van der Waals surface area contributed by atoms with Gasteiger partial charge < -0.3 is 15.4 Å². The molecule has 3 rings (SSSR count). The van der Waals surface area contributed by atoms with E-state index in [9.17, 15) is 23.6 Å². The summed E-state index contributed by atoms with van der Waals surface area (Å²) in [6, 6.07) is 19.3. The largest absolute Gasteiger partial charge is 0.467 e. The molecule has 0 unspecified atom stereocenters. The topological polar surface area (TPSA) is 102 Å². The van der Waals surface area contributed by atoms with Gasteiger partial charge >= 0.3 is 5.97 Å². The summed E-state index contributed by atoms with van der Waals surface area (Å²) >= 11 is 0. The molecule has 2 atom stereocenters. The average Bonchev–Trinajstić information content (AvgIpc) is 2.89. The van der Waals surface area contributed by atoms with E-state index in [4.69, 9.17) is 4.74 Å². The van der Waals surface area contributed by atoms with Gasteiger partial charge in [-0.3, -0.25) is 14.4 Å². The fourth-order valence-corrected chi connectivity index (χ4v) is 3.73. The number of hydrogen-bond acceptors (Lipinski definition) is 5. The summed E-state index contributed by atoms with van der Waals surface area (Å²) < 4.78 is 19.0. The number of nitrogens with one attached hydrogen (secondary N) is 2. The summed E-state index contributed by atoms with van der Waals surface area (Å²) in [5, 5.41) is 5.12. The van der Waals surface area contributed by atoms with Gasteiger partial charge in [0, 0.05) is 30.9 Å². The van der Waals surface area contributed by atoms with Crippen LogP contribution in [0, 0.1) is 5.82 Å². The van der Waals surface area contributed by atoms with Crippen molar-refractivity contribution < 1.29 is 28.3 Å². The predicted molar refractivity (Wildman–Crippen MR) is 132 cm³/mol. The Labute approximate surface area is 208 Å². The van der Waals surface area contributed by atoms with Crippen molar-refractivity contribution in [1.82, 2.24) is 10.6 Å². The molecule has 0 aliphatic carbocycles. The Kier molecular flexibility index (Phi) is 9.05. The lowest BCUT2D eigenvalue weighted by atomic mass is 9.99. The maximum absolute atomic E-state index is 14.1. The van der Waals surface area contributed by atoms with Crippen molar-refractivity contribution >= 4 is 23.6 Å². The second-order valence-corrected chi connectivity index (χ2v) is 8.23. The maximum Gasteiger partial charge on any atom is 0.328 e. The minimum absolute atomic E-state index is 0.0880. The van der Waals surface area contributed by atoms with Crippen LogP contribution in [0.2, 0.25) is 0 Å². The highest BCUT2D eigenvalue weighted by atomic mass is 19.1. The molecule has 0 aliphatic rings. The second-order valence-electron chi connectivity index (χ2n) is 8.23. The molecule has 2 amide bonds. The normalized spacial score (nSPS) is 12.2. The second kappa shape index (κ2) is 12.4. The number of carbonyl (C=O) groups is 4. The van der Waals surface area contributed by atoms with Gasteiger partial charge in [0.15, 0.2) is 5.78 Å². The fraction of sp³-hybridized carbons (Fsp3) is 0.214. The minimum atomic E-state index is -1.10. The lowest BCUT2D eigenvalue weighted by molar-refractivity contribution is -0.145. The lowest BCUT2D eigenvalue weighted by Gasteiger charge is -2.22. The van der Waals surface area contributed by atoms with E-state index in [0.29, 0.717) is 16.7 Å². The fourth-order valence-electron chi connectivity index (χ4n) is 3.73. The number of benzene rings is 3. The van der Waals surface area contributed by atoms with Crippen LogP contribution in [0.3, 0.4) is 0 Å². The first-order chi connectivity index (χ1) is 17.3. The Morgan fingerprint density at radius 3 is 2.00 bits per heavy atom. The zero-order valence-electron chi connectivity index (χ0n) is 20.0. The molecule has 0 radical (unpaired) electrons. The molecule has 0 fully saturated rings. The van der Waals surface area contributed by atoms with Crippen LogP contribution in [-0.4, -0.2) is 42.8 Å². The molecule has 8 heteroatoms. The van der Waals surface area contributed by atoms with Crippen molar-refractivity contribution in [3.05, 3.63) is 107 Å². The minimum Gasteiger partial charge on any atom is -0.467 e. The highest BCUT2D eigenvalue weighted by Gasteiger charge is 2.28. The van der Waals surface area contributed by atoms with E-state index in [0.717, 1.165) is 0 Å². The van der Waals surface area contributed by atoms with E-state index >= 15 is 0 Å². The Bertz CT molecular complexity index is 1230. The van der Waals surface area contributed by atoms with Gasteiger partial charge in [0.2, 0.25) is 11.8 Å². The third-order valence-corrected chi connectivity index (χ3v) is 5.57. The molecule has 7 nitrogen and oxygen atoms in total. The van der Waals surface area contributed by atoms with E-state index in [-0.39, 0.29) is 24.2 Å². The van der Waals surface area contributed by atoms with Crippen LogP contribution in [-0.2, 0) is 32.0 Å². The van der Waals surface area contributed by atoms with Crippen molar-refractivity contribution in [1.29, 1.82) is 0 Å². The molecule has 2 N–H and O–H groups in total. The van der Waals surface area contributed by atoms with Crippen molar-refractivity contribution in [3.63, 3.8) is 0 Å². The van der Waals surface area contributed by atoms with Crippen molar-refractivity contribution in [2.75, 3.05) is 7.11 Å². The number of ether oxygens (including phenoxy) is 1. The van der Waals surface area contributed by atoms with Crippen molar-refractivity contribution in [3.8, 4) is 0 Å². The molecule has 186 valence electrons. The molecule has 36 heavy (non-hydrogen) atoms. The zero-order valence-corrected chi connectivity index (χ0v) is 20.0. The molecule has 0 saturated carbocycles. The first-order valence-electron chi connectivity index (χ1n) is 11.4. The SMILES string of the molecule is COC(=O)[C@@H](Cc1ccc(C(=O)c2ccccc2)cc1)NC(=O)[C@@H](Cc1ccccc1F)NC(C)=O. The number of esters is 1. The number of rotatable bonds is 10. The van der Waals surface area contributed by atoms with Crippen LogP contribution in [0.15, 0.2) is 78.9 Å². The number of methoxy groups -OCH3 is 1. The quantitative estimate of drug-likeness (QED) is 0.336. The van der Waals surface area contributed by atoms with Gasteiger partial charge in [-0.15, -0.1) is 0 Å². The molecule has 0 saturated heterocycles. The summed E-state index contributed by atoms with van der Waals surface area (Å²) in [6.07, 6.45) is -0.00696. The molecule has 0 aliphatic heterocycles. The van der Waals surface area contributed by atoms with Gasteiger partial charge in [-0.05, 0) is 17.2 Å². The molecule has 0 bridgehead atoms. The van der Waals surface area contributed by atoms with Crippen LogP contribution in [0.1, 0.15) is 34.0 Å². The molecule has 3 aromatic rings. The zero-order chi connectivity index (χ0) is 26.1. The highest BCUT2D eigenvalue weighted by Crippen LogP contribution is 2.14. The highest BCUT2D eigenvalue weighted by molar-refractivity contribution is 6.08. The third kappa shape index (κ3) is 7.09. The smallest absolute Gasteiger partial charge is 0.328 e. The standard InChI is InChI=1S/C28H27FN2O5/c1-18(32)30-24(17-22-10-6-7-11-23(22)29)27(34)31-25(28(35)36-2)16-19-12-14-21(15-13-19)26(33)20-8-4-3-5-9-20/h3-15,24-25H,16-17H2,1-2H3,(H,30,32)(H,31,34)/t24-,25-/m1/s1. The Morgan fingerprint density at radius 2 is 1.39 bits per heavy atom. The number of carbonyl (C=O) groups excluding carboxylic acids is 4. The summed E-state index contributed by atoms with van der Waals surface area (Å²) in [5.41, 5.74) is 1.98. The molecule has 0 spiro atoms. The monoisotopic (exact) mass is 490 g/mol. The molecular formula is C28H27FN2O5. The van der Waals surface area contributed by atoms with E-state index in [1.165, 1.54) is 32.2 Å². The predicted octanol–water partition coefficient (Wildman–Crippen LogP) is 3.00. The van der Waals surface area contributed by atoms with Crippen LogP contribution in [0.25, 0.3) is 0 Å². The van der Waals surface area contributed by atoms with Gasteiger partial charge in [0.05, 0.1) is 7.11 Å². The first kappa shape index (κ1) is 26.3. The Morgan fingerprint density at radius 1 is 0.778 bits per heavy atom. The number of hydrogen-bond donors (Lipinski definition) is 2. The molecular weight excluding hydrogens is 463 g/mol. The van der Waals surface area contributed by atoms with Gasteiger partial charge in [0.1, 0.15) is 17.9 Å². The van der Waals surface area contributed by atoms with E-state index in [2.05, 4.69) is 10.6 Å². The van der Waals surface area contributed by atoms with E-state index < -0.39 is 35.7 Å². The van der Waals surface area contributed by atoms with E-state index in [1.54, 1.807) is 54.6 Å². The number of ketones is 1. The Balaban J connectivity index is 1.74. The van der Waals surface area contributed by atoms with Crippen LogP contribution < -0.4 is 10.6 Å². The number of halogens is 1. The summed E-state index contributed by atoms with van der Waals surface area (Å²) in [4.78, 5) is 49.8. The van der Waals surface area contributed by atoms with Gasteiger partial charge in [-0.25, -0.2) is 9.18 Å². The lowest BCUT2D eigenvalue weighted by Crippen LogP contribution is -2.53. The van der Waals surface area contributed by atoms with Crippen LogP contribution >= 0.6 is 0 Å². The van der Waals surface area contributed by atoms with Crippen molar-refractivity contribution in [2.24, 2.45) is 0 Å². The van der Waals surface area contributed by atoms with Crippen LogP contribution in [0.4, 0.5) is 4.39 Å². The van der Waals surface area contributed by atoms with E-state index in [1.807, 2.05) is 6.07 Å². The number of amides is 2. The summed E-state index contributed by atoms with van der Waals surface area (Å²) in [6.45, 7) is 1.25. The molecule has 0 aromatic heterocycles. The Hall–Kier alpha value is -4.33. The first-order valence-corrected chi connectivity index (χ1v) is 11.4. The van der Waals surface area contributed by atoms with Gasteiger partial charge in [0.25, 0.3) is 0 Å². The molecule has 0 heterocycles. The van der Waals surface area contributed by atoms with Gasteiger partial charge in [-0.2, -0.15) is 0 Å².